The molecule has 11 rings (SSSR count). The summed E-state index contributed by atoms with van der Waals surface area (Å²) in [7, 11) is 0. The Hall–Kier alpha value is -7.49. The quantitative estimate of drug-likeness (QED) is 0.185. The average molecular weight is 729 g/mol. The van der Waals surface area contributed by atoms with Crippen molar-refractivity contribution in [1.82, 2.24) is 5.32 Å². The molecule has 1 aliphatic heterocycles. The van der Waals surface area contributed by atoms with E-state index < -0.39 is 0 Å². The van der Waals surface area contributed by atoms with Crippen molar-refractivity contribution in [2.45, 2.75) is 6.17 Å². The van der Waals surface area contributed by atoms with E-state index in [1.165, 1.54) is 49.4 Å². The van der Waals surface area contributed by atoms with Crippen LogP contribution in [0.3, 0.4) is 0 Å². The molecule has 1 aromatic heterocycles. The molecule has 0 amide bonds. The summed E-state index contributed by atoms with van der Waals surface area (Å²) < 4.78 is 6.37. The molecular weight excluding hydrogens is 693 g/mol. The van der Waals surface area contributed by atoms with Crippen LogP contribution in [0.1, 0.15) is 22.9 Å². The number of nitrogens with one attached hydrogen (secondary N) is 1. The third kappa shape index (κ3) is 5.89. The van der Waals surface area contributed by atoms with Crippen LogP contribution in [0.4, 0.5) is 0 Å². The molecule has 1 N–H and O–H groups in total. The summed E-state index contributed by atoms with van der Waals surface area (Å²) in [5, 5.41) is 10.9. The zero-order valence-electron chi connectivity index (χ0n) is 31.1. The average Bonchev–Trinajstić information content (AvgIpc) is 3.65. The van der Waals surface area contributed by atoms with E-state index >= 15 is 0 Å². The standard InChI is InChI=1S/C54H36N2O/c1-3-14-35(15-4-1)37-20-13-21-41(30-37)51-34-50(36-16-5-2-6-17-36)55-54(56-51)47-28-27-46(44-24-11-12-25-45(44)47)43-23-10-9-22-42(43)40-26-29-52-48(32-40)49-31-38-18-7-8-19-39(38)33-53(49)57-52/h1-34,54,56H. The smallest absolute Gasteiger partial charge is 0.146 e. The number of aliphatic imine (C=N–C) groups is 1. The first-order valence-corrected chi connectivity index (χ1v) is 19.5. The summed E-state index contributed by atoms with van der Waals surface area (Å²) >= 11 is 0. The SMILES string of the molecule is C1=C(c2cccc(-c3ccccc3)c2)NC(c2ccc(-c3ccccc3-c3ccc4oc5cc6ccccc6cc5c4c3)c3ccccc23)N=C1c1ccccc1. The van der Waals surface area contributed by atoms with Crippen LogP contribution in [-0.2, 0) is 0 Å². The Morgan fingerprint density at radius 3 is 1.86 bits per heavy atom. The van der Waals surface area contributed by atoms with Crippen molar-refractivity contribution >= 4 is 54.9 Å². The lowest BCUT2D eigenvalue weighted by molar-refractivity contribution is 0.669. The first-order chi connectivity index (χ1) is 28.2. The molecule has 3 heteroatoms. The molecule has 0 saturated carbocycles. The Morgan fingerprint density at radius 1 is 0.386 bits per heavy atom. The lowest BCUT2D eigenvalue weighted by Gasteiger charge is -2.26. The monoisotopic (exact) mass is 728 g/mol. The van der Waals surface area contributed by atoms with Crippen LogP contribution in [-0.4, -0.2) is 5.71 Å². The largest absolute Gasteiger partial charge is 0.456 e. The fourth-order valence-electron chi connectivity index (χ4n) is 8.51. The molecule has 0 aliphatic carbocycles. The van der Waals surface area contributed by atoms with Crippen molar-refractivity contribution in [3.05, 3.63) is 223 Å². The molecule has 1 aliphatic rings. The molecule has 2 heterocycles. The van der Waals surface area contributed by atoms with E-state index in [1.54, 1.807) is 0 Å². The Labute approximate surface area is 330 Å². The van der Waals surface area contributed by atoms with Gasteiger partial charge in [-0.3, -0.25) is 4.99 Å². The molecule has 9 aromatic carbocycles. The van der Waals surface area contributed by atoms with E-state index in [2.05, 4.69) is 212 Å². The number of benzene rings is 9. The van der Waals surface area contributed by atoms with Gasteiger partial charge in [0.25, 0.3) is 0 Å². The van der Waals surface area contributed by atoms with Crippen molar-refractivity contribution in [2.75, 3.05) is 0 Å². The van der Waals surface area contributed by atoms with Crippen LogP contribution in [0, 0.1) is 0 Å². The topological polar surface area (TPSA) is 37.5 Å². The second-order valence-corrected chi connectivity index (χ2v) is 14.7. The van der Waals surface area contributed by atoms with Gasteiger partial charge in [-0.15, -0.1) is 0 Å². The minimum Gasteiger partial charge on any atom is -0.456 e. The zero-order valence-corrected chi connectivity index (χ0v) is 31.1. The molecule has 10 aromatic rings. The van der Waals surface area contributed by atoms with Gasteiger partial charge < -0.3 is 9.73 Å². The van der Waals surface area contributed by atoms with E-state index in [0.29, 0.717) is 0 Å². The summed E-state index contributed by atoms with van der Waals surface area (Å²) in [6, 6.07) is 71.3. The fraction of sp³-hybridized carbons (Fsp3) is 0.0185. The number of fused-ring (bicyclic) bond motifs is 5. The van der Waals surface area contributed by atoms with E-state index in [0.717, 1.165) is 55.6 Å². The minimum atomic E-state index is -0.303. The number of hydrogen-bond donors (Lipinski definition) is 1. The maximum atomic E-state index is 6.37. The second-order valence-electron chi connectivity index (χ2n) is 14.7. The van der Waals surface area contributed by atoms with E-state index in [1.807, 2.05) is 0 Å². The van der Waals surface area contributed by atoms with Crippen molar-refractivity contribution in [3.63, 3.8) is 0 Å². The molecule has 1 atom stereocenters. The molecule has 1 unspecified atom stereocenters. The molecule has 0 fully saturated rings. The maximum absolute atomic E-state index is 6.37. The van der Waals surface area contributed by atoms with Gasteiger partial charge in [0.2, 0.25) is 0 Å². The van der Waals surface area contributed by atoms with Gasteiger partial charge in [-0.25, -0.2) is 0 Å². The summed E-state index contributed by atoms with van der Waals surface area (Å²) in [6.07, 6.45) is 1.88. The fourth-order valence-corrected chi connectivity index (χ4v) is 8.51. The number of furan rings is 1. The van der Waals surface area contributed by atoms with Gasteiger partial charge in [-0.05, 0) is 102 Å². The van der Waals surface area contributed by atoms with Gasteiger partial charge in [0, 0.05) is 22.0 Å². The predicted octanol–water partition coefficient (Wildman–Crippen LogP) is 14.0. The molecule has 0 spiro atoms. The van der Waals surface area contributed by atoms with Gasteiger partial charge in [-0.2, -0.15) is 0 Å². The Kier molecular flexibility index (Phi) is 7.89. The van der Waals surface area contributed by atoms with Crippen molar-refractivity contribution in [2.24, 2.45) is 4.99 Å². The van der Waals surface area contributed by atoms with Gasteiger partial charge in [-0.1, -0.05) is 170 Å². The number of hydrogen-bond acceptors (Lipinski definition) is 3. The second kappa shape index (κ2) is 13.7. The summed E-state index contributed by atoms with van der Waals surface area (Å²) in [6.45, 7) is 0. The van der Waals surface area contributed by atoms with Gasteiger partial charge in [0.15, 0.2) is 0 Å². The highest BCUT2D eigenvalue weighted by atomic mass is 16.3. The molecule has 57 heavy (non-hydrogen) atoms. The molecule has 0 saturated heterocycles. The summed E-state index contributed by atoms with van der Waals surface area (Å²) in [5.74, 6) is 0. The third-order valence-corrected chi connectivity index (χ3v) is 11.3. The molecule has 3 nitrogen and oxygen atoms in total. The highest BCUT2D eigenvalue weighted by Gasteiger charge is 2.23. The Balaban J connectivity index is 1.02. The van der Waals surface area contributed by atoms with Crippen LogP contribution >= 0.6 is 0 Å². The van der Waals surface area contributed by atoms with Gasteiger partial charge in [0.05, 0.1) is 5.71 Å². The number of allylic oxidation sites excluding steroid dienone is 1. The van der Waals surface area contributed by atoms with Crippen LogP contribution in [0.5, 0.6) is 0 Å². The first-order valence-electron chi connectivity index (χ1n) is 19.5. The van der Waals surface area contributed by atoms with Crippen molar-refractivity contribution < 1.29 is 4.42 Å². The predicted molar refractivity (Wildman–Crippen MR) is 238 cm³/mol. The zero-order chi connectivity index (χ0) is 37.7. The Morgan fingerprint density at radius 2 is 1.04 bits per heavy atom. The summed E-state index contributed by atoms with van der Waals surface area (Å²) in [4.78, 5) is 5.38. The number of nitrogens with zero attached hydrogens (tertiary/aromatic N) is 1. The highest BCUT2D eigenvalue weighted by molar-refractivity contribution is 6.14. The van der Waals surface area contributed by atoms with E-state index in [4.69, 9.17) is 9.41 Å². The van der Waals surface area contributed by atoms with Crippen molar-refractivity contribution in [3.8, 4) is 33.4 Å². The van der Waals surface area contributed by atoms with Crippen LogP contribution in [0.2, 0.25) is 0 Å². The highest BCUT2D eigenvalue weighted by Crippen LogP contribution is 2.42. The molecule has 268 valence electrons. The lowest BCUT2D eigenvalue weighted by atomic mass is 9.89. The molecular formula is C54H36N2O. The summed E-state index contributed by atoms with van der Waals surface area (Å²) in [5.41, 5.74) is 14.2. The molecule has 0 bridgehead atoms. The first kappa shape index (κ1) is 32.9. The van der Waals surface area contributed by atoms with Crippen LogP contribution < -0.4 is 5.32 Å². The van der Waals surface area contributed by atoms with Crippen molar-refractivity contribution in [1.29, 1.82) is 0 Å². The normalized spacial score (nSPS) is 14.1. The Bertz CT molecular complexity index is 3210. The van der Waals surface area contributed by atoms with Gasteiger partial charge >= 0.3 is 0 Å². The van der Waals surface area contributed by atoms with Crippen LogP contribution in [0.25, 0.3) is 82.6 Å². The third-order valence-electron chi connectivity index (χ3n) is 11.3. The molecule has 0 radical (unpaired) electrons. The van der Waals surface area contributed by atoms with E-state index in [9.17, 15) is 0 Å². The van der Waals surface area contributed by atoms with Gasteiger partial charge in [0.1, 0.15) is 17.3 Å². The minimum absolute atomic E-state index is 0.303. The lowest BCUT2D eigenvalue weighted by Crippen LogP contribution is -2.25. The van der Waals surface area contributed by atoms with Crippen LogP contribution in [0.15, 0.2) is 216 Å². The maximum Gasteiger partial charge on any atom is 0.146 e. The number of rotatable bonds is 6. The van der Waals surface area contributed by atoms with E-state index in [-0.39, 0.29) is 6.17 Å².